The van der Waals surface area contributed by atoms with Gasteiger partial charge < -0.3 is 0 Å². The van der Waals surface area contributed by atoms with Gasteiger partial charge in [0.15, 0.2) is 0 Å². The maximum absolute atomic E-state index is 12.1. The monoisotopic (exact) mass is 320 g/mol. The van der Waals surface area contributed by atoms with Crippen molar-refractivity contribution in [2.24, 2.45) is 0 Å². The molecule has 0 spiro atoms. The third-order valence-electron chi connectivity index (χ3n) is 3.01. The zero-order valence-corrected chi connectivity index (χ0v) is 12.8. The number of rotatable bonds is 5. The maximum atomic E-state index is 12.1. The van der Waals surface area contributed by atoms with Crippen LogP contribution in [-0.2, 0) is 24.2 Å². The lowest BCUT2D eigenvalue weighted by molar-refractivity contribution is -0.117. The smallest absolute Gasteiger partial charge is 0.143 e. The molecule has 0 aliphatic heterocycles. The van der Waals surface area contributed by atoms with Crippen molar-refractivity contribution in [1.29, 1.82) is 0 Å². The van der Waals surface area contributed by atoms with Crippen molar-refractivity contribution in [2.75, 3.05) is 0 Å². The summed E-state index contributed by atoms with van der Waals surface area (Å²) in [5.74, 6) is 0.210. The van der Waals surface area contributed by atoms with Crippen molar-refractivity contribution in [1.82, 2.24) is 9.78 Å². The maximum Gasteiger partial charge on any atom is 0.143 e. The quantitative estimate of drug-likeness (QED) is 0.847. The van der Waals surface area contributed by atoms with Gasteiger partial charge in [-0.3, -0.25) is 9.48 Å². The summed E-state index contributed by atoms with van der Waals surface area (Å²) < 4.78 is 2.89. The second-order valence-electron chi connectivity index (χ2n) is 4.58. The largest absolute Gasteiger partial charge is 0.299 e. The number of aromatic nitrogens is 2. The molecule has 4 heteroatoms. The van der Waals surface area contributed by atoms with Crippen LogP contribution in [-0.4, -0.2) is 15.6 Å². The topological polar surface area (TPSA) is 34.9 Å². The summed E-state index contributed by atoms with van der Waals surface area (Å²) in [6, 6.07) is 9.83. The van der Waals surface area contributed by atoms with Crippen molar-refractivity contribution in [2.45, 2.75) is 33.2 Å². The van der Waals surface area contributed by atoms with E-state index >= 15 is 0 Å². The Hall–Kier alpha value is -1.42. The Morgan fingerprint density at radius 1 is 1.32 bits per heavy atom. The van der Waals surface area contributed by atoms with E-state index in [0.29, 0.717) is 12.8 Å². The fourth-order valence-corrected chi connectivity index (χ4v) is 2.56. The number of benzene rings is 1. The van der Waals surface area contributed by atoms with E-state index in [-0.39, 0.29) is 5.78 Å². The molecule has 0 bridgehead atoms. The average molecular weight is 321 g/mol. The highest BCUT2D eigenvalue weighted by atomic mass is 79.9. The van der Waals surface area contributed by atoms with Gasteiger partial charge in [-0.25, -0.2) is 0 Å². The second-order valence-corrected chi connectivity index (χ2v) is 5.43. The van der Waals surface area contributed by atoms with Gasteiger partial charge in [0.05, 0.1) is 5.69 Å². The third kappa shape index (κ3) is 3.53. The number of ketones is 1. The zero-order chi connectivity index (χ0) is 13.8. The van der Waals surface area contributed by atoms with Crippen LogP contribution in [0.2, 0.25) is 0 Å². The Labute approximate surface area is 121 Å². The van der Waals surface area contributed by atoms with E-state index in [1.807, 2.05) is 48.9 Å². The molecule has 2 rings (SSSR count). The zero-order valence-electron chi connectivity index (χ0n) is 11.2. The molecule has 0 saturated heterocycles. The van der Waals surface area contributed by atoms with Crippen LogP contribution in [0.1, 0.15) is 23.9 Å². The lowest BCUT2D eigenvalue weighted by Crippen LogP contribution is -2.11. The minimum atomic E-state index is 0.210. The molecule has 0 aliphatic carbocycles. The van der Waals surface area contributed by atoms with Crippen LogP contribution >= 0.6 is 15.9 Å². The fourth-order valence-electron chi connectivity index (χ4n) is 2.13. The molecular weight excluding hydrogens is 304 g/mol. The third-order valence-corrected chi connectivity index (χ3v) is 3.78. The first-order valence-corrected chi connectivity index (χ1v) is 7.18. The van der Waals surface area contributed by atoms with Crippen molar-refractivity contribution >= 4 is 21.7 Å². The Morgan fingerprint density at radius 3 is 2.74 bits per heavy atom. The van der Waals surface area contributed by atoms with Crippen LogP contribution < -0.4 is 0 Å². The number of Topliss-reactive ketones (excluding diaryl/α,β-unsaturated/α-hetero) is 1. The van der Waals surface area contributed by atoms with Crippen molar-refractivity contribution in [3.63, 3.8) is 0 Å². The minimum Gasteiger partial charge on any atom is -0.299 e. The Kier molecular flexibility index (Phi) is 4.53. The fraction of sp³-hybridized carbons (Fsp3) is 0.333. The van der Waals surface area contributed by atoms with Gasteiger partial charge in [0.25, 0.3) is 0 Å². The predicted octanol–water partition coefficient (Wildman–Crippen LogP) is 3.33. The van der Waals surface area contributed by atoms with E-state index < -0.39 is 0 Å². The van der Waals surface area contributed by atoms with Gasteiger partial charge in [-0.2, -0.15) is 5.10 Å². The average Bonchev–Trinajstić information content (AvgIpc) is 2.72. The molecule has 3 nitrogen and oxygen atoms in total. The molecule has 0 aliphatic rings. The van der Waals surface area contributed by atoms with Crippen LogP contribution in [0.15, 0.2) is 34.8 Å². The predicted molar refractivity (Wildman–Crippen MR) is 79.2 cm³/mol. The van der Waals surface area contributed by atoms with Gasteiger partial charge in [-0.15, -0.1) is 0 Å². The van der Waals surface area contributed by atoms with E-state index in [0.717, 1.165) is 28.0 Å². The van der Waals surface area contributed by atoms with Crippen molar-refractivity contribution in [3.8, 4) is 0 Å². The number of carbonyl (C=O) groups is 1. The summed E-state index contributed by atoms with van der Waals surface area (Å²) >= 11 is 3.47. The van der Waals surface area contributed by atoms with Crippen LogP contribution in [0.5, 0.6) is 0 Å². The molecule has 19 heavy (non-hydrogen) atoms. The van der Waals surface area contributed by atoms with Gasteiger partial charge in [0.1, 0.15) is 5.78 Å². The first-order valence-electron chi connectivity index (χ1n) is 6.38. The standard InChI is InChI=1S/C15H17BrN2O/c1-3-18-13(8-11(2)17-18)10-14(19)9-12-6-4-5-7-15(12)16/h4-8H,3,9-10H2,1-2H3. The van der Waals surface area contributed by atoms with Gasteiger partial charge in [-0.1, -0.05) is 34.1 Å². The molecule has 1 aromatic carbocycles. The molecule has 0 unspecified atom stereocenters. The normalized spacial score (nSPS) is 10.7. The van der Waals surface area contributed by atoms with Gasteiger partial charge >= 0.3 is 0 Å². The molecular formula is C15H17BrN2O. The summed E-state index contributed by atoms with van der Waals surface area (Å²) in [6.45, 7) is 4.79. The van der Waals surface area contributed by atoms with Gasteiger partial charge in [0, 0.05) is 29.6 Å². The second kappa shape index (κ2) is 6.15. The van der Waals surface area contributed by atoms with E-state index in [2.05, 4.69) is 21.0 Å². The molecule has 100 valence electrons. The number of carbonyl (C=O) groups excluding carboxylic acids is 1. The van der Waals surface area contributed by atoms with Crippen LogP contribution in [0.3, 0.4) is 0 Å². The Morgan fingerprint density at radius 2 is 2.05 bits per heavy atom. The number of halogens is 1. The molecule has 0 amide bonds. The SMILES string of the molecule is CCn1nc(C)cc1CC(=O)Cc1ccccc1Br. The van der Waals surface area contributed by atoms with Crippen molar-refractivity contribution < 1.29 is 4.79 Å². The van der Waals surface area contributed by atoms with E-state index in [1.54, 1.807) is 0 Å². The molecule has 0 fully saturated rings. The summed E-state index contributed by atoms with van der Waals surface area (Å²) in [5.41, 5.74) is 2.99. The highest BCUT2D eigenvalue weighted by molar-refractivity contribution is 9.10. The number of hydrogen-bond donors (Lipinski definition) is 0. The molecule has 0 saturated carbocycles. The van der Waals surface area contributed by atoms with E-state index in [9.17, 15) is 4.79 Å². The molecule has 0 atom stereocenters. The lowest BCUT2D eigenvalue weighted by Gasteiger charge is -2.05. The first-order chi connectivity index (χ1) is 9.10. The molecule has 0 radical (unpaired) electrons. The highest BCUT2D eigenvalue weighted by Crippen LogP contribution is 2.17. The molecule has 0 N–H and O–H groups in total. The molecule has 1 heterocycles. The molecule has 2 aromatic rings. The Bertz CT molecular complexity index is 590. The summed E-state index contributed by atoms with van der Waals surface area (Å²) in [5, 5.41) is 4.36. The number of aryl methyl sites for hydroxylation is 2. The van der Waals surface area contributed by atoms with E-state index in [4.69, 9.17) is 0 Å². The van der Waals surface area contributed by atoms with Crippen LogP contribution in [0.25, 0.3) is 0 Å². The summed E-state index contributed by atoms with van der Waals surface area (Å²) in [6.07, 6.45) is 0.894. The van der Waals surface area contributed by atoms with Crippen LogP contribution in [0.4, 0.5) is 0 Å². The highest BCUT2D eigenvalue weighted by Gasteiger charge is 2.11. The summed E-state index contributed by atoms with van der Waals surface area (Å²) in [7, 11) is 0. The van der Waals surface area contributed by atoms with Crippen LogP contribution in [0, 0.1) is 6.92 Å². The lowest BCUT2D eigenvalue weighted by atomic mass is 10.1. The summed E-state index contributed by atoms with van der Waals surface area (Å²) in [4.78, 5) is 12.1. The minimum absolute atomic E-state index is 0.210. The number of hydrogen-bond acceptors (Lipinski definition) is 2. The van der Waals surface area contributed by atoms with Crippen molar-refractivity contribution in [3.05, 3.63) is 51.8 Å². The van der Waals surface area contributed by atoms with E-state index in [1.165, 1.54) is 0 Å². The molecule has 1 aromatic heterocycles. The van der Waals surface area contributed by atoms with Gasteiger partial charge in [-0.05, 0) is 31.5 Å². The Balaban J connectivity index is 2.07. The first kappa shape index (κ1) is 14.0. The van der Waals surface area contributed by atoms with Gasteiger partial charge in [0.2, 0.25) is 0 Å². The number of nitrogens with zero attached hydrogens (tertiary/aromatic N) is 2.